The van der Waals surface area contributed by atoms with E-state index >= 15 is 0 Å². The number of benzene rings is 2. The summed E-state index contributed by atoms with van der Waals surface area (Å²) in [6.07, 6.45) is 4.35. The number of rotatable bonds is 6. The number of hydrogen-bond donors (Lipinski definition) is 0. The van der Waals surface area contributed by atoms with Gasteiger partial charge in [0.2, 0.25) is 0 Å². The largest absolute Gasteiger partial charge is 0.486 e. The van der Waals surface area contributed by atoms with E-state index in [1.807, 2.05) is 11.0 Å². The quantitative estimate of drug-likeness (QED) is 0.538. The molecular formula is C27H30N2O4. The van der Waals surface area contributed by atoms with E-state index in [1.165, 1.54) is 11.1 Å². The van der Waals surface area contributed by atoms with E-state index in [-0.39, 0.29) is 11.9 Å². The lowest BCUT2D eigenvalue weighted by atomic mass is 10.0. The average molecular weight is 447 g/mol. The van der Waals surface area contributed by atoms with Crippen molar-refractivity contribution >= 4 is 11.6 Å². The molecule has 2 aliphatic rings. The molecule has 33 heavy (non-hydrogen) atoms. The van der Waals surface area contributed by atoms with Crippen LogP contribution in [0.15, 0.2) is 65.3 Å². The smallest absolute Gasteiger partial charge is 0.294 e. The summed E-state index contributed by atoms with van der Waals surface area (Å²) in [5, 5.41) is 0. The van der Waals surface area contributed by atoms with Crippen LogP contribution in [-0.2, 0) is 13.0 Å². The fourth-order valence-corrected chi connectivity index (χ4v) is 4.69. The van der Waals surface area contributed by atoms with Crippen molar-refractivity contribution in [1.82, 2.24) is 4.90 Å². The molecule has 2 aromatic carbocycles. The number of nitrogens with zero attached hydrogens (tertiary/aromatic N) is 2. The summed E-state index contributed by atoms with van der Waals surface area (Å²) in [6.45, 7) is 6.05. The Morgan fingerprint density at radius 1 is 0.970 bits per heavy atom. The van der Waals surface area contributed by atoms with Crippen LogP contribution in [0.1, 0.15) is 41.4 Å². The Bertz CT molecular complexity index is 1070. The lowest BCUT2D eigenvalue weighted by Gasteiger charge is -2.38. The molecule has 0 spiro atoms. The molecule has 5 rings (SSSR count). The second-order valence-electron chi connectivity index (χ2n) is 8.66. The first kappa shape index (κ1) is 21.6. The number of likely N-dealkylation sites (tertiary alicyclic amines) is 1. The number of aryl methyl sites for hydroxylation is 1. The monoisotopic (exact) mass is 446 g/mol. The van der Waals surface area contributed by atoms with E-state index in [0.29, 0.717) is 19.0 Å². The number of ether oxygens (including phenoxy) is 2. The molecule has 0 unspecified atom stereocenters. The molecule has 3 aromatic rings. The van der Waals surface area contributed by atoms with Crippen molar-refractivity contribution in [1.29, 1.82) is 0 Å². The highest BCUT2D eigenvalue weighted by atomic mass is 16.6. The fraction of sp³-hybridized carbons (Fsp3) is 0.370. The molecule has 6 nitrogen and oxygen atoms in total. The number of carbonyl (C=O) groups excluding carboxylic acids is 1. The maximum atomic E-state index is 13.4. The number of fused-ring (bicyclic) bond motifs is 1. The molecule has 1 fully saturated rings. The van der Waals surface area contributed by atoms with Crippen LogP contribution in [-0.4, -0.2) is 43.2 Å². The highest BCUT2D eigenvalue weighted by Gasteiger charge is 2.31. The summed E-state index contributed by atoms with van der Waals surface area (Å²) >= 11 is 0. The van der Waals surface area contributed by atoms with Crippen LogP contribution in [0, 0.1) is 0 Å². The third kappa shape index (κ3) is 4.76. The number of amides is 1. The molecule has 6 heteroatoms. The molecule has 1 amide bonds. The summed E-state index contributed by atoms with van der Waals surface area (Å²) in [6, 6.07) is 18.2. The first-order valence-electron chi connectivity index (χ1n) is 11.8. The summed E-state index contributed by atoms with van der Waals surface area (Å²) in [5.41, 5.74) is 3.41. The van der Waals surface area contributed by atoms with Gasteiger partial charge in [-0.1, -0.05) is 25.1 Å². The lowest BCUT2D eigenvalue weighted by molar-refractivity contribution is 0.0931. The SMILES string of the molecule is CCc1ccc(N(C(=O)c2ccco2)C2CCN(Cc3ccc4c(c3)OCCO4)CC2)cc1. The van der Waals surface area contributed by atoms with Crippen molar-refractivity contribution in [2.45, 2.75) is 38.8 Å². The minimum Gasteiger partial charge on any atom is -0.486 e. The molecule has 1 saturated heterocycles. The molecule has 1 aromatic heterocycles. The average Bonchev–Trinajstić information content (AvgIpc) is 3.41. The predicted octanol–water partition coefficient (Wildman–Crippen LogP) is 4.92. The van der Waals surface area contributed by atoms with Gasteiger partial charge in [0.1, 0.15) is 13.2 Å². The van der Waals surface area contributed by atoms with Gasteiger partial charge in [0, 0.05) is 31.4 Å². The van der Waals surface area contributed by atoms with Gasteiger partial charge in [-0.3, -0.25) is 9.69 Å². The van der Waals surface area contributed by atoms with E-state index in [9.17, 15) is 4.79 Å². The van der Waals surface area contributed by atoms with Gasteiger partial charge in [-0.15, -0.1) is 0 Å². The Labute approximate surface area is 194 Å². The fourth-order valence-electron chi connectivity index (χ4n) is 4.69. The number of hydrogen-bond acceptors (Lipinski definition) is 5. The van der Waals surface area contributed by atoms with Gasteiger partial charge >= 0.3 is 0 Å². The number of carbonyl (C=O) groups is 1. The van der Waals surface area contributed by atoms with Gasteiger partial charge in [-0.25, -0.2) is 0 Å². The van der Waals surface area contributed by atoms with E-state index in [1.54, 1.807) is 18.4 Å². The Morgan fingerprint density at radius 2 is 1.70 bits per heavy atom. The van der Waals surface area contributed by atoms with Crippen molar-refractivity contribution in [3.05, 3.63) is 77.7 Å². The van der Waals surface area contributed by atoms with Crippen LogP contribution >= 0.6 is 0 Å². The first-order chi connectivity index (χ1) is 16.2. The van der Waals surface area contributed by atoms with Crippen molar-refractivity contribution < 1.29 is 18.7 Å². The number of anilines is 1. The highest BCUT2D eigenvalue weighted by molar-refractivity contribution is 6.04. The third-order valence-corrected chi connectivity index (χ3v) is 6.51. The summed E-state index contributed by atoms with van der Waals surface area (Å²) in [5.74, 6) is 1.96. The van der Waals surface area contributed by atoms with Gasteiger partial charge in [-0.2, -0.15) is 0 Å². The van der Waals surface area contributed by atoms with Gasteiger partial charge in [0.15, 0.2) is 17.3 Å². The second-order valence-corrected chi connectivity index (χ2v) is 8.66. The van der Waals surface area contributed by atoms with Crippen LogP contribution in [0.2, 0.25) is 0 Å². The van der Waals surface area contributed by atoms with E-state index < -0.39 is 0 Å². The lowest BCUT2D eigenvalue weighted by Crippen LogP contribution is -2.47. The van der Waals surface area contributed by atoms with Crippen LogP contribution in [0.25, 0.3) is 0 Å². The van der Waals surface area contributed by atoms with Crippen LogP contribution in [0.5, 0.6) is 11.5 Å². The Balaban J connectivity index is 1.28. The molecule has 0 bridgehead atoms. The maximum Gasteiger partial charge on any atom is 0.294 e. The summed E-state index contributed by atoms with van der Waals surface area (Å²) in [4.78, 5) is 17.7. The van der Waals surface area contributed by atoms with E-state index in [0.717, 1.165) is 56.1 Å². The summed E-state index contributed by atoms with van der Waals surface area (Å²) in [7, 11) is 0. The molecule has 0 atom stereocenters. The molecule has 0 radical (unpaired) electrons. The molecule has 0 aliphatic carbocycles. The molecule has 0 saturated carbocycles. The number of piperidine rings is 1. The second kappa shape index (κ2) is 9.71. The first-order valence-corrected chi connectivity index (χ1v) is 11.8. The van der Waals surface area contributed by atoms with Crippen molar-refractivity contribution in [3.63, 3.8) is 0 Å². The zero-order chi connectivity index (χ0) is 22.6. The normalized spacial score (nSPS) is 16.5. The van der Waals surface area contributed by atoms with Crippen molar-refractivity contribution in [2.75, 3.05) is 31.2 Å². The van der Waals surface area contributed by atoms with Crippen LogP contribution < -0.4 is 14.4 Å². The molecule has 2 aliphatic heterocycles. The van der Waals surface area contributed by atoms with Gasteiger partial charge in [0.05, 0.1) is 6.26 Å². The molecule has 3 heterocycles. The third-order valence-electron chi connectivity index (χ3n) is 6.51. The zero-order valence-electron chi connectivity index (χ0n) is 19.0. The Morgan fingerprint density at radius 3 is 2.39 bits per heavy atom. The number of furan rings is 1. The Hall–Kier alpha value is -3.25. The van der Waals surface area contributed by atoms with Crippen molar-refractivity contribution in [2.24, 2.45) is 0 Å². The Kier molecular flexibility index (Phi) is 6.35. The standard InChI is InChI=1S/C27H30N2O4/c1-2-20-5-8-22(9-6-20)29(27(30)25-4-3-15-31-25)23-11-13-28(14-12-23)19-21-7-10-24-26(18-21)33-17-16-32-24/h3-10,15,18,23H,2,11-14,16-17,19H2,1H3. The van der Waals surface area contributed by atoms with Crippen LogP contribution in [0.3, 0.4) is 0 Å². The maximum absolute atomic E-state index is 13.4. The molecular weight excluding hydrogens is 416 g/mol. The zero-order valence-corrected chi connectivity index (χ0v) is 19.0. The van der Waals surface area contributed by atoms with Crippen LogP contribution in [0.4, 0.5) is 5.69 Å². The predicted molar refractivity (Wildman–Crippen MR) is 127 cm³/mol. The topological polar surface area (TPSA) is 55.2 Å². The van der Waals surface area contributed by atoms with E-state index in [4.69, 9.17) is 13.9 Å². The van der Waals surface area contributed by atoms with Gasteiger partial charge in [0.25, 0.3) is 5.91 Å². The molecule has 0 N–H and O–H groups in total. The van der Waals surface area contributed by atoms with E-state index in [2.05, 4.69) is 48.2 Å². The highest BCUT2D eigenvalue weighted by Crippen LogP contribution is 2.32. The molecule has 172 valence electrons. The summed E-state index contributed by atoms with van der Waals surface area (Å²) < 4.78 is 16.8. The van der Waals surface area contributed by atoms with Crippen molar-refractivity contribution in [3.8, 4) is 11.5 Å². The minimum atomic E-state index is -0.0745. The minimum absolute atomic E-state index is 0.0745. The van der Waals surface area contributed by atoms with Gasteiger partial charge < -0.3 is 18.8 Å². The van der Waals surface area contributed by atoms with Gasteiger partial charge in [-0.05, 0) is 66.8 Å².